The van der Waals surface area contributed by atoms with Crippen LogP contribution in [0, 0.1) is 6.92 Å². The first-order valence-electron chi connectivity index (χ1n) is 7.10. The number of hydrogen-bond acceptors (Lipinski definition) is 4. The van der Waals surface area contributed by atoms with Crippen LogP contribution in [-0.2, 0) is 0 Å². The molecule has 0 saturated carbocycles. The van der Waals surface area contributed by atoms with Crippen molar-refractivity contribution in [2.24, 2.45) is 0 Å². The van der Waals surface area contributed by atoms with E-state index >= 15 is 0 Å². The molecule has 1 unspecified atom stereocenters. The third kappa shape index (κ3) is 5.82. The van der Waals surface area contributed by atoms with Crippen LogP contribution < -0.4 is 10.6 Å². The number of carbonyl (C=O) groups is 1. The maximum absolute atomic E-state index is 12.1. The third-order valence-corrected chi connectivity index (χ3v) is 4.05. The largest absolute Gasteiger partial charge is 0.370 e. The van der Waals surface area contributed by atoms with Crippen LogP contribution in [0.5, 0.6) is 0 Å². The lowest BCUT2D eigenvalue weighted by molar-refractivity contribution is 0.0953. The fraction of sp³-hybridized carbons (Fsp3) is 0.600. The van der Waals surface area contributed by atoms with Crippen molar-refractivity contribution in [2.75, 3.05) is 24.7 Å². The van der Waals surface area contributed by atoms with Crippen molar-refractivity contribution in [3.05, 3.63) is 23.4 Å². The zero-order valence-corrected chi connectivity index (χ0v) is 13.6. The maximum atomic E-state index is 12.1. The van der Waals surface area contributed by atoms with Crippen molar-refractivity contribution in [3.63, 3.8) is 0 Å². The molecule has 0 saturated heterocycles. The van der Waals surface area contributed by atoms with Gasteiger partial charge in [0.15, 0.2) is 0 Å². The van der Waals surface area contributed by atoms with Crippen molar-refractivity contribution in [2.45, 2.75) is 38.9 Å². The third-order valence-electron chi connectivity index (χ3n) is 3.01. The summed E-state index contributed by atoms with van der Waals surface area (Å²) < 4.78 is 0. The van der Waals surface area contributed by atoms with Crippen LogP contribution in [0.2, 0.25) is 0 Å². The topological polar surface area (TPSA) is 54.0 Å². The van der Waals surface area contributed by atoms with E-state index in [1.807, 2.05) is 30.8 Å². The van der Waals surface area contributed by atoms with Gasteiger partial charge < -0.3 is 10.6 Å². The quantitative estimate of drug-likeness (QED) is 0.774. The van der Waals surface area contributed by atoms with E-state index in [-0.39, 0.29) is 5.91 Å². The predicted octanol–water partition coefficient (Wildman–Crippen LogP) is 3.08. The molecule has 1 aromatic rings. The number of pyridine rings is 1. The van der Waals surface area contributed by atoms with Gasteiger partial charge in [0.25, 0.3) is 5.91 Å². The average Bonchev–Trinajstić information content (AvgIpc) is 2.44. The van der Waals surface area contributed by atoms with Crippen molar-refractivity contribution >= 4 is 23.5 Å². The minimum atomic E-state index is -0.0247. The van der Waals surface area contributed by atoms with E-state index in [0.717, 1.165) is 30.9 Å². The molecule has 0 bridgehead atoms. The molecule has 0 aliphatic carbocycles. The lowest BCUT2D eigenvalue weighted by Gasteiger charge is -2.11. The molecule has 1 aromatic heterocycles. The highest BCUT2D eigenvalue weighted by molar-refractivity contribution is 7.99. The molecule has 1 amide bonds. The summed E-state index contributed by atoms with van der Waals surface area (Å²) in [6, 6.07) is 3.64. The highest BCUT2D eigenvalue weighted by atomic mass is 32.2. The summed E-state index contributed by atoms with van der Waals surface area (Å²) in [4.78, 5) is 16.5. The summed E-state index contributed by atoms with van der Waals surface area (Å²) in [6.45, 7) is 7.75. The van der Waals surface area contributed by atoms with Crippen LogP contribution in [0.1, 0.15) is 42.7 Å². The standard InChI is InChI=1S/C15H25N3OS/c1-5-7-16-14-10-13(9-11(2)18-14)15(19)17-8-6-12(3)20-4/h9-10,12H,5-8H2,1-4H3,(H,16,18)(H,17,19). The van der Waals surface area contributed by atoms with Crippen LogP contribution in [0.3, 0.4) is 0 Å². The Morgan fingerprint density at radius 1 is 1.40 bits per heavy atom. The molecule has 0 aliphatic heterocycles. The van der Waals surface area contributed by atoms with Gasteiger partial charge >= 0.3 is 0 Å². The van der Waals surface area contributed by atoms with Gasteiger partial charge in [-0.15, -0.1) is 0 Å². The van der Waals surface area contributed by atoms with Gasteiger partial charge in [-0.2, -0.15) is 11.8 Å². The fourth-order valence-corrected chi connectivity index (χ4v) is 2.11. The van der Waals surface area contributed by atoms with E-state index in [1.165, 1.54) is 0 Å². The summed E-state index contributed by atoms with van der Waals surface area (Å²) in [5.74, 6) is 0.748. The molecule has 0 fully saturated rings. The summed E-state index contributed by atoms with van der Waals surface area (Å²) in [6.07, 6.45) is 4.10. The first-order chi connectivity index (χ1) is 9.56. The van der Waals surface area contributed by atoms with Crippen LogP contribution in [0.4, 0.5) is 5.82 Å². The van der Waals surface area contributed by atoms with Gasteiger partial charge in [-0.25, -0.2) is 4.98 Å². The van der Waals surface area contributed by atoms with Gasteiger partial charge in [0.05, 0.1) is 0 Å². The molecule has 1 rings (SSSR count). The normalized spacial score (nSPS) is 12.0. The molecule has 1 atom stereocenters. The number of nitrogens with one attached hydrogen (secondary N) is 2. The van der Waals surface area contributed by atoms with Crippen molar-refractivity contribution < 1.29 is 4.79 Å². The SMILES string of the molecule is CCCNc1cc(C(=O)NCCC(C)SC)cc(C)n1. The zero-order valence-electron chi connectivity index (χ0n) is 12.8. The van der Waals surface area contributed by atoms with E-state index in [9.17, 15) is 4.79 Å². The van der Waals surface area contributed by atoms with E-state index in [1.54, 1.807) is 0 Å². The van der Waals surface area contributed by atoms with Crippen molar-refractivity contribution in [1.29, 1.82) is 0 Å². The van der Waals surface area contributed by atoms with Crippen LogP contribution in [0.15, 0.2) is 12.1 Å². The smallest absolute Gasteiger partial charge is 0.251 e. The van der Waals surface area contributed by atoms with Gasteiger partial charge in [0.1, 0.15) is 5.82 Å². The summed E-state index contributed by atoms with van der Waals surface area (Å²) in [7, 11) is 0. The fourth-order valence-electron chi connectivity index (χ4n) is 1.75. The zero-order chi connectivity index (χ0) is 15.0. The lowest BCUT2D eigenvalue weighted by atomic mass is 10.2. The van der Waals surface area contributed by atoms with Gasteiger partial charge in [0.2, 0.25) is 0 Å². The number of rotatable bonds is 8. The lowest BCUT2D eigenvalue weighted by Crippen LogP contribution is -2.26. The second-order valence-electron chi connectivity index (χ2n) is 4.90. The van der Waals surface area contributed by atoms with Crippen molar-refractivity contribution in [3.8, 4) is 0 Å². The second-order valence-corrected chi connectivity index (χ2v) is 6.18. The Labute approximate surface area is 126 Å². The molecular weight excluding hydrogens is 270 g/mol. The Bertz CT molecular complexity index is 437. The highest BCUT2D eigenvalue weighted by Crippen LogP contribution is 2.11. The number of hydrogen-bond donors (Lipinski definition) is 2. The summed E-state index contributed by atoms with van der Waals surface area (Å²) >= 11 is 1.81. The van der Waals surface area contributed by atoms with E-state index in [4.69, 9.17) is 0 Å². The second kappa shape index (κ2) is 8.84. The molecule has 0 aliphatic rings. The Kier molecular flexibility index (Phi) is 7.44. The van der Waals surface area contributed by atoms with E-state index < -0.39 is 0 Å². The van der Waals surface area contributed by atoms with Gasteiger partial charge in [-0.3, -0.25) is 4.79 Å². The molecule has 0 aromatic carbocycles. The Morgan fingerprint density at radius 2 is 2.15 bits per heavy atom. The van der Waals surface area contributed by atoms with Gasteiger partial charge in [-0.1, -0.05) is 13.8 Å². The Hall–Kier alpha value is -1.23. The number of carbonyl (C=O) groups excluding carboxylic acids is 1. The number of anilines is 1. The molecule has 0 radical (unpaired) electrons. The molecular formula is C15H25N3OS. The molecule has 1 heterocycles. The molecule has 5 heteroatoms. The molecule has 20 heavy (non-hydrogen) atoms. The van der Waals surface area contributed by atoms with Gasteiger partial charge in [0, 0.05) is 29.6 Å². The maximum Gasteiger partial charge on any atom is 0.251 e. The van der Waals surface area contributed by atoms with Gasteiger partial charge in [-0.05, 0) is 38.2 Å². The van der Waals surface area contributed by atoms with Crippen molar-refractivity contribution in [1.82, 2.24) is 10.3 Å². The molecule has 112 valence electrons. The Balaban J connectivity index is 2.60. The van der Waals surface area contributed by atoms with E-state index in [0.29, 0.717) is 17.4 Å². The molecule has 4 nitrogen and oxygen atoms in total. The number of aromatic nitrogens is 1. The monoisotopic (exact) mass is 295 g/mol. The van der Waals surface area contributed by atoms with Crippen LogP contribution in [0.25, 0.3) is 0 Å². The number of nitrogens with zero attached hydrogens (tertiary/aromatic N) is 1. The minimum Gasteiger partial charge on any atom is -0.370 e. The number of amides is 1. The van der Waals surface area contributed by atoms with E-state index in [2.05, 4.69) is 35.7 Å². The van der Waals surface area contributed by atoms with Crippen LogP contribution >= 0.6 is 11.8 Å². The minimum absolute atomic E-state index is 0.0247. The highest BCUT2D eigenvalue weighted by Gasteiger charge is 2.09. The number of thioether (sulfide) groups is 1. The first kappa shape index (κ1) is 16.8. The first-order valence-corrected chi connectivity index (χ1v) is 8.39. The predicted molar refractivity (Wildman–Crippen MR) is 87.7 cm³/mol. The average molecular weight is 295 g/mol. The number of aryl methyl sites for hydroxylation is 1. The molecule has 2 N–H and O–H groups in total. The van der Waals surface area contributed by atoms with Crippen LogP contribution in [-0.4, -0.2) is 35.5 Å². The summed E-state index contributed by atoms with van der Waals surface area (Å²) in [5.41, 5.74) is 1.53. The summed E-state index contributed by atoms with van der Waals surface area (Å²) in [5, 5.41) is 6.75. The Morgan fingerprint density at radius 3 is 2.80 bits per heavy atom. The molecule has 0 spiro atoms.